The fourth-order valence-electron chi connectivity index (χ4n) is 2.76. The van der Waals surface area contributed by atoms with Gasteiger partial charge in [-0.2, -0.15) is 0 Å². The highest BCUT2D eigenvalue weighted by atomic mass is 16.5. The Morgan fingerprint density at radius 1 is 1.21 bits per heavy atom. The van der Waals surface area contributed by atoms with Crippen LogP contribution in [0.2, 0.25) is 0 Å². The van der Waals surface area contributed by atoms with Gasteiger partial charge in [0.2, 0.25) is 0 Å². The topological polar surface area (TPSA) is 29.5 Å². The Kier molecular flexibility index (Phi) is 2.99. The molecule has 1 fully saturated rings. The molecule has 0 aromatic rings. The van der Waals surface area contributed by atoms with E-state index in [9.17, 15) is 5.11 Å². The van der Waals surface area contributed by atoms with Gasteiger partial charge in [0.25, 0.3) is 0 Å². The van der Waals surface area contributed by atoms with E-state index in [1.165, 1.54) is 0 Å². The predicted molar refractivity (Wildman–Crippen MR) is 58.2 cm³/mol. The van der Waals surface area contributed by atoms with E-state index in [0.717, 1.165) is 6.42 Å². The Morgan fingerprint density at radius 2 is 1.71 bits per heavy atom. The van der Waals surface area contributed by atoms with Crippen molar-refractivity contribution >= 4 is 0 Å². The van der Waals surface area contributed by atoms with Crippen molar-refractivity contribution in [3.05, 3.63) is 0 Å². The second-order valence-corrected chi connectivity index (χ2v) is 5.88. The Bertz CT molecular complexity index is 206. The van der Waals surface area contributed by atoms with Crippen molar-refractivity contribution in [1.82, 2.24) is 0 Å². The van der Waals surface area contributed by atoms with Gasteiger partial charge < -0.3 is 9.84 Å². The molecule has 2 heteroatoms. The highest BCUT2D eigenvalue weighted by Gasteiger charge is 2.48. The first-order valence-corrected chi connectivity index (χ1v) is 5.54. The molecular weight excluding hydrogens is 176 g/mol. The lowest BCUT2D eigenvalue weighted by atomic mass is 9.76. The second kappa shape index (κ2) is 3.49. The zero-order chi connectivity index (χ0) is 11.1. The summed E-state index contributed by atoms with van der Waals surface area (Å²) in [5.41, 5.74) is -0.156. The summed E-state index contributed by atoms with van der Waals surface area (Å²) in [5, 5.41) is 9.63. The third-order valence-electron chi connectivity index (χ3n) is 3.54. The van der Waals surface area contributed by atoms with Crippen LogP contribution < -0.4 is 0 Å². The minimum Gasteiger partial charge on any atom is -0.393 e. The van der Waals surface area contributed by atoms with Gasteiger partial charge in [0.05, 0.1) is 17.3 Å². The van der Waals surface area contributed by atoms with Crippen LogP contribution in [0.4, 0.5) is 0 Å². The molecule has 0 radical (unpaired) electrons. The molecule has 3 atom stereocenters. The summed E-state index contributed by atoms with van der Waals surface area (Å²) in [5.74, 6) is 0.740. The number of hydrogen-bond donors (Lipinski definition) is 1. The van der Waals surface area contributed by atoms with Gasteiger partial charge in [-0.1, -0.05) is 6.92 Å². The Morgan fingerprint density at radius 3 is 2.00 bits per heavy atom. The molecule has 1 aliphatic rings. The number of ether oxygens (including phenoxy) is 1. The van der Waals surface area contributed by atoms with Crippen LogP contribution in [0.15, 0.2) is 0 Å². The van der Waals surface area contributed by atoms with Crippen molar-refractivity contribution in [1.29, 1.82) is 0 Å². The average molecular weight is 200 g/mol. The molecule has 0 amide bonds. The van der Waals surface area contributed by atoms with E-state index in [-0.39, 0.29) is 17.3 Å². The van der Waals surface area contributed by atoms with E-state index in [4.69, 9.17) is 4.74 Å². The third-order valence-corrected chi connectivity index (χ3v) is 3.54. The summed E-state index contributed by atoms with van der Waals surface area (Å²) < 4.78 is 6.01. The van der Waals surface area contributed by atoms with E-state index >= 15 is 0 Å². The molecule has 1 heterocycles. The molecule has 3 unspecified atom stereocenters. The zero-order valence-electron chi connectivity index (χ0n) is 10.3. The largest absolute Gasteiger partial charge is 0.393 e. The van der Waals surface area contributed by atoms with Gasteiger partial charge in [0.15, 0.2) is 0 Å². The lowest BCUT2D eigenvalue weighted by Crippen LogP contribution is -2.36. The molecule has 0 saturated carbocycles. The normalized spacial score (nSPS) is 34.1. The smallest absolute Gasteiger partial charge is 0.0666 e. The molecule has 1 N–H and O–H groups in total. The zero-order valence-corrected chi connectivity index (χ0v) is 10.3. The fraction of sp³-hybridized carbons (Fsp3) is 1.00. The van der Waals surface area contributed by atoms with E-state index in [0.29, 0.717) is 11.8 Å². The van der Waals surface area contributed by atoms with Crippen molar-refractivity contribution in [3.8, 4) is 0 Å². The molecule has 2 nitrogen and oxygen atoms in total. The van der Waals surface area contributed by atoms with Gasteiger partial charge in [-0.05, 0) is 52.9 Å². The Labute approximate surface area is 87.7 Å². The van der Waals surface area contributed by atoms with E-state index < -0.39 is 0 Å². The molecule has 1 rings (SSSR count). The van der Waals surface area contributed by atoms with Crippen LogP contribution in [0.3, 0.4) is 0 Å². The summed E-state index contributed by atoms with van der Waals surface area (Å²) in [4.78, 5) is 0. The monoisotopic (exact) mass is 200 g/mol. The van der Waals surface area contributed by atoms with Crippen LogP contribution >= 0.6 is 0 Å². The molecule has 0 aliphatic carbocycles. The molecule has 1 aliphatic heterocycles. The first-order chi connectivity index (χ1) is 6.16. The van der Waals surface area contributed by atoms with Crippen molar-refractivity contribution in [2.45, 2.75) is 65.3 Å². The molecule has 0 bridgehead atoms. The molecule has 0 spiro atoms. The van der Waals surface area contributed by atoms with Crippen LogP contribution in [-0.2, 0) is 4.74 Å². The van der Waals surface area contributed by atoms with E-state index in [1.807, 2.05) is 6.92 Å². The molecule has 1 saturated heterocycles. The predicted octanol–water partition coefficient (Wildman–Crippen LogP) is 2.60. The maximum Gasteiger partial charge on any atom is 0.0666 e. The quantitative estimate of drug-likeness (QED) is 0.742. The van der Waals surface area contributed by atoms with Crippen molar-refractivity contribution < 1.29 is 9.84 Å². The third kappa shape index (κ3) is 2.29. The fourth-order valence-corrected chi connectivity index (χ4v) is 2.76. The molecular formula is C12H24O2. The maximum atomic E-state index is 9.63. The molecule has 0 aromatic heterocycles. The van der Waals surface area contributed by atoms with Crippen LogP contribution in [0.1, 0.15) is 48.0 Å². The Balaban J connectivity index is 2.80. The lowest BCUT2D eigenvalue weighted by Gasteiger charge is -2.32. The van der Waals surface area contributed by atoms with Crippen molar-refractivity contribution in [2.75, 3.05) is 0 Å². The van der Waals surface area contributed by atoms with Gasteiger partial charge >= 0.3 is 0 Å². The minimum atomic E-state index is -0.253. The summed E-state index contributed by atoms with van der Waals surface area (Å²) >= 11 is 0. The number of aliphatic hydroxyl groups excluding tert-OH is 1. The summed E-state index contributed by atoms with van der Waals surface area (Å²) in [6, 6.07) is 0. The van der Waals surface area contributed by atoms with Gasteiger partial charge in [-0.25, -0.2) is 0 Å². The summed E-state index contributed by atoms with van der Waals surface area (Å²) in [7, 11) is 0. The van der Waals surface area contributed by atoms with E-state index in [2.05, 4.69) is 34.6 Å². The summed E-state index contributed by atoms with van der Waals surface area (Å²) in [6.07, 6.45) is 0.781. The highest BCUT2D eigenvalue weighted by molar-refractivity contribution is 4.97. The van der Waals surface area contributed by atoms with Crippen molar-refractivity contribution in [2.24, 2.45) is 11.8 Å². The molecule has 84 valence electrons. The summed E-state index contributed by atoms with van der Waals surface area (Å²) in [6.45, 7) is 12.5. The van der Waals surface area contributed by atoms with Crippen LogP contribution in [-0.4, -0.2) is 22.4 Å². The minimum absolute atomic E-state index is 0.0443. The number of hydrogen-bond acceptors (Lipinski definition) is 2. The second-order valence-electron chi connectivity index (χ2n) is 5.88. The maximum absolute atomic E-state index is 9.63. The number of rotatable bonds is 2. The van der Waals surface area contributed by atoms with Crippen LogP contribution in [0, 0.1) is 11.8 Å². The number of aliphatic hydroxyl groups is 1. The SMILES string of the molecule is CC(O)C(C)C1CC(C)(C)OC1(C)C. The Hall–Kier alpha value is -0.0800. The van der Waals surface area contributed by atoms with Gasteiger partial charge in [-0.3, -0.25) is 0 Å². The lowest BCUT2D eigenvalue weighted by molar-refractivity contribution is -0.0848. The van der Waals surface area contributed by atoms with Crippen LogP contribution in [0.25, 0.3) is 0 Å². The standard InChI is InChI=1S/C12H24O2/c1-8(9(2)13)10-7-11(3,4)14-12(10,5)6/h8-10,13H,7H2,1-6H3. The highest BCUT2D eigenvalue weighted by Crippen LogP contribution is 2.46. The molecule has 0 aromatic carbocycles. The van der Waals surface area contributed by atoms with Gasteiger partial charge in [0, 0.05) is 0 Å². The van der Waals surface area contributed by atoms with Gasteiger partial charge in [0.1, 0.15) is 0 Å². The first kappa shape index (κ1) is 12.0. The van der Waals surface area contributed by atoms with Gasteiger partial charge in [-0.15, -0.1) is 0 Å². The molecule has 14 heavy (non-hydrogen) atoms. The average Bonchev–Trinajstić information content (AvgIpc) is 2.17. The first-order valence-electron chi connectivity index (χ1n) is 5.54. The van der Waals surface area contributed by atoms with Crippen LogP contribution in [0.5, 0.6) is 0 Å². The van der Waals surface area contributed by atoms with E-state index in [1.54, 1.807) is 0 Å². The van der Waals surface area contributed by atoms with Crippen molar-refractivity contribution in [3.63, 3.8) is 0 Å².